The predicted octanol–water partition coefficient (Wildman–Crippen LogP) is 6.02. The fraction of sp³-hybridized carbons (Fsp3) is 0.250. The largest absolute Gasteiger partial charge is 0.495 e. The number of rotatable bonds is 5. The Morgan fingerprint density at radius 3 is 2.77 bits per heavy atom. The summed E-state index contributed by atoms with van der Waals surface area (Å²) in [5.41, 5.74) is 3.14. The Balaban J connectivity index is 1.70. The SMILES string of the molecule is COc1ccccc1NC(=O)c1c(N=Cc2ccc(F)cc2)sc2c1CC[C@H](C)C2. The van der Waals surface area contributed by atoms with Crippen LogP contribution in [-0.2, 0) is 12.8 Å². The predicted molar refractivity (Wildman–Crippen MR) is 120 cm³/mol. The van der Waals surface area contributed by atoms with Crippen LogP contribution < -0.4 is 10.1 Å². The van der Waals surface area contributed by atoms with Gasteiger partial charge in [0.05, 0.1) is 18.4 Å². The molecule has 0 unspecified atom stereocenters. The van der Waals surface area contributed by atoms with Crippen molar-refractivity contribution >= 4 is 34.1 Å². The van der Waals surface area contributed by atoms with E-state index in [0.29, 0.717) is 27.9 Å². The monoisotopic (exact) mass is 422 g/mol. The first-order chi connectivity index (χ1) is 14.5. The number of benzene rings is 2. The lowest BCUT2D eigenvalue weighted by Gasteiger charge is -2.18. The summed E-state index contributed by atoms with van der Waals surface area (Å²) >= 11 is 1.57. The molecule has 30 heavy (non-hydrogen) atoms. The van der Waals surface area contributed by atoms with Gasteiger partial charge in [0.25, 0.3) is 5.91 Å². The van der Waals surface area contributed by atoms with Crippen molar-refractivity contribution in [1.82, 2.24) is 0 Å². The van der Waals surface area contributed by atoms with Crippen LogP contribution in [0.1, 0.15) is 39.7 Å². The van der Waals surface area contributed by atoms with E-state index in [2.05, 4.69) is 17.2 Å². The number of halogens is 1. The summed E-state index contributed by atoms with van der Waals surface area (Å²) in [5.74, 6) is 0.734. The van der Waals surface area contributed by atoms with Crippen LogP contribution >= 0.6 is 11.3 Å². The van der Waals surface area contributed by atoms with Gasteiger partial charge < -0.3 is 10.1 Å². The van der Waals surface area contributed by atoms with Crippen molar-refractivity contribution < 1.29 is 13.9 Å². The van der Waals surface area contributed by atoms with Crippen LogP contribution in [-0.4, -0.2) is 19.2 Å². The molecule has 154 valence electrons. The number of anilines is 1. The molecule has 4 rings (SSSR count). The van der Waals surface area contributed by atoms with Gasteiger partial charge in [0.1, 0.15) is 16.6 Å². The number of hydrogen-bond acceptors (Lipinski definition) is 4. The fourth-order valence-electron chi connectivity index (χ4n) is 3.68. The van der Waals surface area contributed by atoms with Gasteiger partial charge in [-0.15, -0.1) is 11.3 Å². The molecule has 3 aromatic rings. The number of ether oxygens (including phenoxy) is 1. The third kappa shape index (κ3) is 4.28. The highest BCUT2D eigenvalue weighted by Crippen LogP contribution is 2.41. The number of nitrogens with zero attached hydrogens (tertiary/aromatic N) is 1. The zero-order valence-corrected chi connectivity index (χ0v) is 17.8. The molecule has 4 nitrogen and oxygen atoms in total. The average Bonchev–Trinajstić information content (AvgIpc) is 3.11. The Morgan fingerprint density at radius 1 is 1.23 bits per heavy atom. The molecule has 0 saturated carbocycles. The van der Waals surface area contributed by atoms with Crippen molar-refractivity contribution in [2.45, 2.75) is 26.2 Å². The first-order valence-electron chi connectivity index (χ1n) is 9.93. The minimum atomic E-state index is -0.287. The van der Waals surface area contributed by atoms with Crippen LogP contribution in [0.15, 0.2) is 53.5 Å². The quantitative estimate of drug-likeness (QED) is 0.511. The molecule has 0 saturated heterocycles. The molecule has 1 amide bonds. The summed E-state index contributed by atoms with van der Waals surface area (Å²) in [5, 5.41) is 3.68. The van der Waals surface area contributed by atoms with E-state index in [1.807, 2.05) is 24.3 Å². The number of carbonyl (C=O) groups excluding carboxylic acids is 1. The highest BCUT2D eigenvalue weighted by atomic mass is 32.1. The van der Waals surface area contributed by atoms with Crippen molar-refractivity contribution in [3.8, 4) is 5.75 Å². The van der Waals surface area contributed by atoms with Gasteiger partial charge in [-0.05, 0) is 60.6 Å². The average molecular weight is 423 g/mol. The van der Waals surface area contributed by atoms with E-state index in [4.69, 9.17) is 4.74 Å². The van der Waals surface area contributed by atoms with E-state index < -0.39 is 0 Å². The van der Waals surface area contributed by atoms with E-state index in [9.17, 15) is 9.18 Å². The summed E-state index contributed by atoms with van der Waals surface area (Å²) < 4.78 is 18.5. The van der Waals surface area contributed by atoms with Gasteiger partial charge in [-0.25, -0.2) is 9.38 Å². The molecule has 0 spiro atoms. The maximum atomic E-state index is 13.3. The Hall–Kier alpha value is -2.99. The van der Waals surface area contributed by atoms with Gasteiger partial charge in [0, 0.05) is 11.1 Å². The normalized spacial score (nSPS) is 15.8. The molecule has 0 radical (unpaired) electrons. The molecule has 1 heterocycles. The van der Waals surface area contributed by atoms with E-state index in [0.717, 1.165) is 30.4 Å². The zero-order valence-electron chi connectivity index (χ0n) is 16.9. The number of carbonyl (C=O) groups is 1. The molecule has 2 aromatic carbocycles. The minimum absolute atomic E-state index is 0.183. The van der Waals surface area contributed by atoms with E-state index >= 15 is 0 Å². The standard InChI is InChI=1S/C24H23FN2O2S/c1-15-7-12-18-21(13-15)30-24(26-14-16-8-10-17(25)11-9-16)22(18)23(28)27-19-5-3-4-6-20(19)29-2/h3-6,8-11,14-15H,7,12-13H2,1-2H3,(H,27,28)/t15-/m0/s1. The number of nitrogens with one attached hydrogen (secondary N) is 1. The van der Waals surface area contributed by atoms with Crippen molar-refractivity contribution in [2.24, 2.45) is 10.9 Å². The number of amides is 1. The molecule has 1 aliphatic carbocycles. The summed E-state index contributed by atoms with van der Waals surface area (Å²) in [4.78, 5) is 19.1. The van der Waals surface area contributed by atoms with Crippen LogP contribution in [0.4, 0.5) is 15.1 Å². The topological polar surface area (TPSA) is 50.7 Å². The number of fused-ring (bicyclic) bond motifs is 1. The number of thiophene rings is 1. The van der Waals surface area contributed by atoms with E-state index in [-0.39, 0.29) is 11.7 Å². The third-order valence-electron chi connectivity index (χ3n) is 5.28. The summed E-state index contributed by atoms with van der Waals surface area (Å²) in [6.45, 7) is 2.23. The maximum Gasteiger partial charge on any atom is 0.259 e. The van der Waals surface area contributed by atoms with Crippen molar-refractivity contribution in [3.05, 3.63) is 75.9 Å². The molecule has 6 heteroatoms. The Morgan fingerprint density at radius 2 is 2.00 bits per heavy atom. The smallest absolute Gasteiger partial charge is 0.259 e. The lowest BCUT2D eigenvalue weighted by Crippen LogP contribution is -2.17. The number of methoxy groups -OCH3 is 1. The van der Waals surface area contributed by atoms with Gasteiger partial charge in [0.2, 0.25) is 0 Å². The van der Waals surface area contributed by atoms with Crippen molar-refractivity contribution in [3.63, 3.8) is 0 Å². The second-order valence-corrected chi connectivity index (χ2v) is 8.58. The first kappa shape index (κ1) is 20.3. The Bertz CT molecular complexity index is 1090. The van der Waals surface area contributed by atoms with E-state index in [1.54, 1.807) is 36.8 Å². The Labute approximate surface area is 179 Å². The number of para-hydroxylation sites is 2. The van der Waals surface area contributed by atoms with Crippen LogP contribution in [0.2, 0.25) is 0 Å². The molecule has 1 aliphatic rings. The van der Waals surface area contributed by atoms with E-state index in [1.165, 1.54) is 17.0 Å². The molecular formula is C24H23FN2O2S. The van der Waals surface area contributed by atoms with Crippen molar-refractivity contribution in [1.29, 1.82) is 0 Å². The lowest BCUT2D eigenvalue weighted by atomic mass is 9.88. The van der Waals surface area contributed by atoms with Gasteiger partial charge in [0.15, 0.2) is 0 Å². The zero-order chi connectivity index (χ0) is 21.1. The summed E-state index contributed by atoms with van der Waals surface area (Å²) in [6, 6.07) is 13.5. The lowest BCUT2D eigenvalue weighted by molar-refractivity contribution is 0.102. The fourth-order valence-corrected chi connectivity index (χ4v) is 5.03. The Kier molecular flexibility index (Phi) is 5.95. The maximum absolute atomic E-state index is 13.3. The number of aliphatic imine (C=N–C) groups is 1. The highest BCUT2D eigenvalue weighted by Gasteiger charge is 2.27. The van der Waals surface area contributed by atoms with Crippen LogP contribution in [0, 0.1) is 11.7 Å². The second-order valence-electron chi connectivity index (χ2n) is 7.50. The van der Waals surface area contributed by atoms with Gasteiger partial charge in [-0.1, -0.05) is 31.2 Å². The van der Waals surface area contributed by atoms with Crippen LogP contribution in [0.5, 0.6) is 5.75 Å². The third-order valence-corrected chi connectivity index (χ3v) is 6.44. The number of hydrogen-bond donors (Lipinski definition) is 1. The van der Waals surface area contributed by atoms with Gasteiger partial charge in [-0.2, -0.15) is 0 Å². The minimum Gasteiger partial charge on any atom is -0.495 e. The summed E-state index contributed by atoms with van der Waals surface area (Å²) in [7, 11) is 1.58. The molecule has 1 atom stereocenters. The molecule has 0 bridgehead atoms. The molecular weight excluding hydrogens is 399 g/mol. The van der Waals surface area contributed by atoms with Crippen LogP contribution in [0.25, 0.3) is 0 Å². The molecule has 1 N–H and O–H groups in total. The molecule has 1 aromatic heterocycles. The molecule has 0 aliphatic heterocycles. The first-order valence-corrected chi connectivity index (χ1v) is 10.8. The highest BCUT2D eigenvalue weighted by molar-refractivity contribution is 7.16. The van der Waals surface area contributed by atoms with Gasteiger partial charge in [-0.3, -0.25) is 4.79 Å². The second kappa shape index (κ2) is 8.79. The molecule has 0 fully saturated rings. The van der Waals surface area contributed by atoms with Crippen molar-refractivity contribution in [2.75, 3.05) is 12.4 Å². The van der Waals surface area contributed by atoms with Crippen LogP contribution in [0.3, 0.4) is 0 Å². The van der Waals surface area contributed by atoms with Gasteiger partial charge >= 0.3 is 0 Å². The summed E-state index contributed by atoms with van der Waals surface area (Å²) in [6.07, 6.45) is 4.56.